The van der Waals surface area contributed by atoms with Gasteiger partial charge in [0.15, 0.2) is 11.5 Å². The van der Waals surface area contributed by atoms with E-state index in [2.05, 4.69) is 0 Å². The summed E-state index contributed by atoms with van der Waals surface area (Å²) in [5.41, 5.74) is 1.40. The molecule has 0 saturated heterocycles. The van der Waals surface area contributed by atoms with Crippen molar-refractivity contribution >= 4 is 46.4 Å². The van der Waals surface area contributed by atoms with Crippen molar-refractivity contribution in [1.82, 2.24) is 0 Å². The lowest BCUT2D eigenvalue weighted by atomic mass is 10.1. The first-order valence-electron chi connectivity index (χ1n) is 9.55. The van der Waals surface area contributed by atoms with Gasteiger partial charge in [-0.1, -0.05) is 23.7 Å². The van der Waals surface area contributed by atoms with Crippen LogP contribution in [0.5, 0.6) is 11.5 Å². The van der Waals surface area contributed by atoms with Crippen molar-refractivity contribution in [2.75, 3.05) is 18.1 Å². The van der Waals surface area contributed by atoms with Gasteiger partial charge in [-0.2, -0.15) is 0 Å². The quantitative estimate of drug-likeness (QED) is 0.510. The van der Waals surface area contributed by atoms with Gasteiger partial charge in [-0.05, 0) is 42.0 Å². The third-order valence-corrected chi connectivity index (χ3v) is 6.25. The third kappa shape index (κ3) is 3.71. The number of imide groups is 1. The third-order valence-electron chi connectivity index (χ3n) is 4.90. The Morgan fingerprint density at radius 2 is 1.71 bits per heavy atom. The van der Waals surface area contributed by atoms with Crippen LogP contribution < -0.4 is 14.4 Å². The van der Waals surface area contributed by atoms with Crippen LogP contribution in [0.1, 0.15) is 11.3 Å². The monoisotopic (exact) mass is 453 g/mol. The lowest BCUT2D eigenvalue weighted by Crippen LogP contribution is -2.31. The molecule has 0 saturated carbocycles. The molecule has 156 valence electrons. The summed E-state index contributed by atoms with van der Waals surface area (Å²) in [7, 11) is 0. The highest BCUT2D eigenvalue weighted by molar-refractivity contribution is 8.03. The minimum Gasteiger partial charge on any atom is -0.486 e. The van der Waals surface area contributed by atoms with E-state index in [9.17, 15) is 9.59 Å². The van der Waals surface area contributed by atoms with E-state index in [4.69, 9.17) is 25.5 Å². The maximum absolute atomic E-state index is 13.4. The van der Waals surface area contributed by atoms with E-state index in [0.29, 0.717) is 63.0 Å². The molecule has 0 N–H and O–H groups in total. The highest BCUT2D eigenvalue weighted by Crippen LogP contribution is 2.42. The number of benzene rings is 2. The highest BCUT2D eigenvalue weighted by Gasteiger charge is 2.40. The Labute approximate surface area is 187 Å². The second-order valence-corrected chi connectivity index (χ2v) is 8.27. The number of carbonyl (C=O) groups excluding carboxylic acids is 2. The number of halogens is 1. The summed E-state index contributed by atoms with van der Waals surface area (Å²) in [6, 6.07) is 15.5. The fourth-order valence-corrected chi connectivity index (χ4v) is 4.60. The predicted octanol–water partition coefficient (Wildman–Crippen LogP) is 4.92. The molecule has 0 atom stereocenters. The van der Waals surface area contributed by atoms with Crippen molar-refractivity contribution in [3.05, 3.63) is 82.1 Å². The van der Waals surface area contributed by atoms with E-state index in [1.165, 1.54) is 16.7 Å². The minimum atomic E-state index is -0.397. The first-order chi connectivity index (χ1) is 15.1. The molecule has 2 aliphatic heterocycles. The highest BCUT2D eigenvalue weighted by atomic mass is 35.5. The molecule has 3 heterocycles. The van der Waals surface area contributed by atoms with Gasteiger partial charge >= 0.3 is 0 Å². The molecule has 0 bridgehead atoms. The molecule has 2 aromatic carbocycles. The van der Waals surface area contributed by atoms with Crippen LogP contribution in [-0.2, 0) is 15.3 Å². The van der Waals surface area contributed by atoms with Crippen LogP contribution in [0.2, 0.25) is 5.02 Å². The summed E-state index contributed by atoms with van der Waals surface area (Å²) in [6.45, 7) is 0.876. The summed E-state index contributed by atoms with van der Waals surface area (Å²) in [4.78, 5) is 28.4. The zero-order chi connectivity index (χ0) is 21.4. The average Bonchev–Trinajstić information content (AvgIpc) is 3.39. The number of anilines is 1. The van der Waals surface area contributed by atoms with Gasteiger partial charge in [0, 0.05) is 11.1 Å². The van der Waals surface area contributed by atoms with Gasteiger partial charge in [-0.15, -0.1) is 11.8 Å². The molecule has 2 aliphatic rings. The summed E-state index contributed by atoms with van der Waals surface area (Å²) in [5, 5.41) is 0.551. The van der Waals surface area contributed by atoms with Crippen molar-refractivity contribution < 1.29 is 23.5 Å². The number of hydrogen-bond acceptors (Lipinski definition) is 6. The standard InChI is InChI=1S/C23H16ClNO5S/c24-15-5-3-14(4-6-15)20-21(31-13-17-2-1-9-28-17)23(27)25(22(20)26)16-7-8-18-19(12-16)30-11-10-29-18/h1-9,12H,10-11,13H2. The normalized spacial score (nSPS) is 15.7. The molecule has 5 rings (SSSR count). The van der Waals surface area contributed by atoms with Gasteiger partial charge in [-0.25, -0.2) is 4.90 Å². The van der Waals surface area contributed by atoms with Gasteiger partial charge in [-0.3, -0.25) is 9.59 Å². The van der Waals surface area contributed by atoms with E-state index in [0.717, 1.165) is 0 Å². The Balaban J connectivity index is 1.53. The van der Waals surface area contributed by atoms with Crippen LogP contribution in [0.15, 0.2) is 70.2 Å². The summed E-state index contributed by atoms with van der Waals surface area (Å²) in [6.07, 6.45) is 1.58. The van der Waals surface area contributed by atoms with Crippen molar-refractivity contribution in [3.63, 3.8) is 0 Å². The van der Waals surface area contributed by atoms with Gasteiger partial charge in [0.2, 0.25) is 0 Å². The molecular weight excluding hydrogens is 438 g/mol. The van der Waals surface area contributed by atoms with Crippen LogP contribution in [0, 0.1) is 0 Å². The lowest BCUT2D eigenvalue weighted by molar-refractivity contribution is -0.119. The number of furan rings is 1. The molecule has 0 radical (unpaired) electrons. The predicted molar refractivity (Wildman–Crippen MR) is 118 cm³/mol. The Morgan fingerprint density at radius 3 is 2.45 bits per heavy atom. The second kappa shape index (κ2) is 8.17. The van der Waals surface area contributed by atoms with Gasteiger partial charge < -0.3 is 13.9 Å². The number of thioether (sulfide) groups is 1. The van der Waals surface area contributed by atoms with Crippen LogP contribution in [0.3, 0.4) is 0 Å². The number of rotatable bonds is 5. The van der Waals surface area contributed by atoms with Crippen LogP contribution in [0.25, 0.3) is 5.57 Å². The molecule has 31 heavy (non-hydrogen) atoms. The first kappa shape index (κ1) is 19.8. The summed E-state index contributed by atoms with van der Waals surface area (Å²) in [5.74, 6) is 1.45. The van der Waals surface area contributed by atoms with Crippen LogP contribution >= 0.6 is 23.4 Å². The molecule has 0 spiro atoms. The van der Waals surface area contributed by atoms with Crippen molar-refractivity contribution in [2.45, 2.75) is 5.75 Å². The number of ether oxygens (including phenoxy) is 2. The maximum Gasteiger partial charge on any atom is 0.272 e. The molecule has 0 fully saturated rings. The molecule has 2 amide bonds. The largest absolute Gasteiger partial charge is 0.486 e. The summed E-state index contributed by atoms with van der Waals surface area (Å²) >= 11 is 7.29. The number of amides is 2. The summed E-state index contributed by atoms with van der Waals surface area (Å²) < 4.78 is 16.6. The van der Waals surface area contributed by atoms with Crippen molar-refractivity contribution in [3.8, 4) is 11.5 Å². The van der Waals surface area contributed by atoms with Gasteiger partial charge in [0.25, 0.3) is 11.8 Å². The number of carbonyl (C=O) groups is 2. The van der Waals surface area contributed by atoms with E-state index in [-0.39, 0.29) is 5.91 Å². The molecule has 8 heteroatoms. The molecule has 3 aromatic rings. The van der Waals surface area contributed by atoms with Gasteiger partial charge in [0.1, 0.15) is 19.0 Å². The van der Waals surface area contributed by atoms with E-state index < -0.39 is 5.91 Å². The van der Waals surface area contributed by atoms with E-state index in [1.54, 1.807) is 54.8 Å². The molecule has 1 aromatic heterocycles. The molecule has 6 nitrogen and oxygen atoms in total. The smallest absolute Gasteiger partial charge is 0.272 e. The van der Waals surface area contributed by atoms with Gasteiger partial charge in [0.05, 0.1) is 28.2 Å². The Bertz CT molecular complexity index is 1190. The molecule has 0 aliphatic carbocycles. The topological polar surface area (TPSA) is 69.0 Å². The number of hydrogen-bond donors (Lipinski definition) is 0. The zero-order valence-corrected chi connectivity index (χ0v) is 17.7. The van der Waals surface area contributed by atoms with Crippen molar-refractivity contribution in [1.29, 1.82) is 0 Å². The SMILES string of the molecule is O=C1C(SCc2ccco2)=C(c2ccc(Cl)cc2)C(=O)N1c1ccc2c(c1)OCCO2. The van der Waals surface area contributed by atoms with Crippen molar-refractivity contribution in [2.24, 2.45) is 0 Å². The molecule has 0 unspecified atom stereocenters. The van der Waals surface area contributed by atoms with E-state index >= 15 is 0 Å². The number of fused-ring (bicyclic) bond motifs is 1. The minimum absolute atomic E-state index is 0.341. The lowest BCUT2D eigenvalue weighted by Gasteiger charge is -2.21. The Hall–Kier alpha value is -3.16. The van der Waals surface area contributed by atoms with E-state index in [1.807, 2.05) is 6.07 Å². The Kier molecular flexibility index (Phi) is 5.21. The van der Waals surface area contributed by atoms with Crippen LogP contribution in [-0.4, -0.2) is 25.0 Å². The number of nitrogens with zero attached hydrogens (tertiary/aromatic N) is 1. The fraction of sp³-hybridized carbons (Fsp3) is 0.130. The maximum atomic E-state index is 13.4. The molecular formula is C23H16ClNO5S. The average molecular weight is 454 g/mol. The fourth-order valence-electron chi connectivity index (χ4n) is 3.46. The Morgan fingerprint density at radius 1 is 0.935 bits per heavy atom. The zero-order valence-electron chi connectivity index (χ0n) is 16.2. The second-order valence-electron chi connectivity index (χ2n) is 6.85. The van der Waals surface area contributed by atoms with Crippen LogP contribution in [0.4, 0.5) is 5.69 Å². The first-order valence-corrected chi connectivity index (χ1v) is 10.9.